The van der Waals surface area contributed by atoms with E-state index in [1.54, 1.807) is 18.2 Å². The average molecular weight is 395 g/mol. The largest absolute Gasteiger partial charge is 0.497 e. The van der Waals surface area contributed by atoms with Crippen LogP contribution in [0.25, 0.3) is 0 Å². The predicted molar refractivity (Wildman–Crippen MR) is 104 cm³/mol. The molecule has 1 heterocycles. The molecule has 1 atom stereocenters. The van der Waals surface area contributed by atoms with Crippen molar-refractivity contribution < 1.29 is 28.9 Å². The van der Waals surface area contributed by atoms with Crippen LogP contribution in [0.5, 0.6) is 11.5 Å². The Labute approximate surface area is 164 Å². The van der Waals surface area contributed by atoms with Crippen LogP contribution in [0.3, 0.4) is 0 Å². The van der Waals surface area contributed by atoms with Gasteiger partial charge in [0.25, 0.3) is 0 Å². The monoisotopic (exact) mass is 395 g/mol. The van der Waals surface area contributed by atoms with Gasteiger partial charge < -0.3 is 30.0 Å². The summed E-state index contributed by atoms with van der Waals surface area (Å²) in [6, 6.07) is 4.06. The van der Waals surface area contributed by atoms with E-state index in [-0.39, 0.29) is 6.42 Å². The number of amides is 1. The number of carboxylic acids is 1. The fourth-order valence-corrected chi connectivity index (χ4v) is 2.95. The molecule has 0 aromatic heterocycles. The number of aliphatic carboxylic acids is 1. The maximum atomic E-state index is 12.3. The molecule has 0 aliphatic carbocycles. The van der Waals surface area contributed by atoms with Gasteiger partial charge in [-0.3, -0.25) is 14.5 Å². The van der Waals surface area contributed by atoms with Crippen molar-refractivity contribution in [2.24, 2.45) is 0 Å². The molecule has 1 aliphatic rings. The number of benzene rings is 1. The number of rotatable bonds is 11. The number of methoxy groups -OCH3 is 2. The van der Waals surface area contributed by atoms with Gasteiger partial charge in [-0.15, -0.1) is 0 Å². The first-order valence-electron chi connectivity index (χ1n) is 9.31. The number of carboxylic acid groups (broad SMARTS) is 1. The van der Waals surface area contributed by atoms with Crippen LogP contribution in [0.15, 0.2) is 18.2 Å². The first kappa shape index (κ1) is 21.9. The molecule has 0 unspecified atom stereocenters. The first-order chi connectivity index (χ1) is 13.5. The zero-order chi connectivity index (χ0) is 20.4. The molecule has 1 aromatic carbocycles. The highest BCUT2D eigenvalue weighted by Gasteiger charge is 2.21. The lowest BCUT2D eigenvalue weighted by Gasteiger charge is -2.26. The third kappa shape index (κ3) is 6.99. The van der Waals surface area contributed by atoms with Gasteiger partial charge in [0.2, 0.25) is 5.91 Å². The van der Waals surface area contributed by atoms with E-state index in [4.69, 9.17) is 14.2 Å². The topological polar surface area (TPSA) is 109 Å². The molecule has 9 nitrogen and oxygen atoms in total. The second-order valence-corrected chi connectivity index (χ2v) is 6.47. The standard InChI is InChI=1S/C19H29N3O6/c1-26-14-4-5-17(27-2)15(12-14)21-18(23)13-16(19(24)25)20-6-3-7-22-8-10-28-11-9-22/h4-5,12,16,20H,3,6-11,13H2,1-2H3,(H,21,23)(H,24,25)/t16-/m1/s1. The smallest absolute Gasteiger partial charge is 0.321 e. The van der Waals surface area contributed by atoms with Crippen molar-refractivity contribution in [2.75, 3.05) is 58.9 Å². The summed E-state index contributed by atoms with van der Waals surface area (Å²) < 4.78 is 15.7. The number of carbonyl (C=O) groups is 2. The van der Waals surface area contributed by atoms with E-state index in [9.17, 15) is 14.7 Å². The molecule has 0 spiro atoms. The van der Waals surface area contributed by atoms with Crippen LogP contribution in [0.4, 0.5) is 5.69 Å². The Morgan fingerprint density at radius 2 is 2.00 bits per heavy atom. The molecule has 3 N–H and O–H groups in total. The quantitative estimate of drug-likeness (QED) is 0.472. The van der Waals surface area contributed by atoms with Crippen LogP contribution < -0.4 is 20.1 Å². The number of hydrogen-bond donors (Lipinski definition) is 3. The highest BCUT2D eigenvalue weighted by Crippen LogP contribution is 2.29. The van der Waals surface area contributed by atoms with E-state index in [0.717, 1.165) is 39.3 Å². The molecule has 9 heteroatoms. The Hall–Kier alpha value is -2.36. The minimum atomic E-state index is -1.06. The van der Waals surface area contributed by atoms with Crippen molar-refractivity contribution >= 4 is 17.6 Å². The Bertz CT molecular complexity index is 649. The summed E-state index contributed by atoms with van der Waals surface area (Å²) in [5.74, 6) is -0.439. The van der Waals surface area contributed by atoms with Gasteiger partial charge in [0.05, 0.1) is 39.5 Å². The Kier molecular flexibility index (Phi) is 8.99. The van der Waals surface area contributed by atoms with Crippen molar-refractivity contribution in [3.8, 4) is 11.5 Å². The molecular formula is C19H29N3O6. The first-order valence-corrected chi connectivity index (χ1v) is 9.31. The number of nitrogens with one attached hydrogen (secondary N) is 2. The SMILES string of the molecule is COc1ccc(OC)c(NC(=O)C[C@@H](NCCCN2CCOCC2)C(=O)O)c1. The normalized spacial score (nSPS) is 15.6. The maximum Gasteiger partial charge on any atom is 0.321 e. The Morgan fingerprint density at radius 3 is 2.64 bits per heavy atom. The zero-order valence-corrected chi connectivity index (χ0v) is 16.4. The second kappa shape index (κ2) is 11.5. The van der Waals surface area contributed by atoms with Crippen LogP contribution in [-0.4, -0.2) is 81.5 Å². The Balaban J connectivity index is 1.82. The van der Waals surface area contributed by atoms with E-state index >= 15 is 0 Å². The summed E-state index contributed by atoms with van der Waals surface area (Å²) in [5.41, 5.74) is 0.434. The van der Waals surface area contributed by atoms with Crippen LogP contribution in [0.2, 0.25) is 0 Å². The van der Waals surface area contributed by atoms with E-state index in [0.29, 0.717) is 23.7 Å². The molecule has 0 saturated carbocycles. The molecule has 1 amide bonds. The predicted octanol–water partition coefficient (Wildman–Crippen LogP) is 0.798. The van der Waals surface area contributed by atoms with Gasteiger partial charge in [0.1, 0.15) is 17.5 Å². The highest BCUT2D eigenvalue weighted by molar-refractivity contribution is 5.95. The van der Waals surface area contributed by atoms with Gasteiger partial charge >= 0.3 is 5.97 Å². The minimum Gasteiger partial charge on any atom is -0.497 e. The third-order valence-electron chi connectivity index (χ3n) is 4.51. The maximum absolute atomic E-state index is 12.3. The van der Waals surface area contributed by atoms with Gasteiger partial charge in [0.15, 0.2) is 0 Å². The zero-order valence-electron chi connectivity index (χ0n) is 16.4. The van der Waals surface area contributed by atoms with Crippen LogP contribution >= 0.6 is 0 Å². The molecule has 2 rings (SSSR count). The fraction of sp³-hybridized carbons (Fsp3) is 0.579. The second-order valence-electron chi connectivity index (χ2n) is 6.47. The molecule has 1 aromatic rings. The van der Waals surface area contributed by atoms with E-state index in [1.807, 2.05) is 0 Å². The molecule has 0 radical (unpaired) electrons. The van der Waals surface area contributed by atoms with Gasteiger partial charge in [-0.25, -0.2) is 0 Å². The van der Waals surface area contributed by atoms with Crippen LogP contribution in [0, 0.1) is 0 Å². The number of hydrogen-bond acceptors (Lipinski definition) is 7. The summed E-state index contributed by atoms with van der Waals surface area (Å²) in [5, 5.41) is 15.1. The van der Waals surface area contributed by atoms with Crippen molar-refractivity contribution in [1.82, 2.24) is 10.2 Å². The van der Waals surface area contributed by atoms with E-state index < -0.39 is 17.9 Å². The molecule has 28 heavy (non-hydrogen) atoms. The van der Waals surface area contributed by atoms with Gasteiger partial charge in [-0.1, -0.05) is 0 Å². The number of carbonyl (C=O) groups excluding carboxylic acids is 1. The molecule has 0 bridgehead atoms. The molecule has 1 saturated heterocycles. The minimum absolute atomic E-state index is 0.187. The molecule has 156 valence electrons. The van der Waals surface area contributed by atoms with Gasteiger partial charge in [-0.2, -0.15) is 0 Å². The van der Waals surface area contributed by atoms with Crippen molar-refractivity contribution in [3.05, 3.63) is 18.2 Å². The summed E-state index contributed by atoms with van der Waals surface area (Å²) in [4.78, 5) is 26.1. The fourth-order valence-electron chi connectivity index (χ4n) is 2.95. The van der Waals surface area contributed by atoms with E-state index in [1.165, 1.54) is 14.2 Å². The number of nitrogens with zero attached hydrogens (tertiary/aromatic N) is 1. The van der Waals surface area contributed by atoms with Gasteiger partial charge in [-0.05, 0) is 31.6 Å². The summed E-state index contributed by atoms with van der Waals surface area (Å²) in [6.45, 7) is 4.65. The van der Waals surface area contributed by atoms with E-state index in [2.05, 4.69) is 15.5 Å². The van der Waals surface area contributed by atoms with Crippen molar-refractivity contribution in [3.63, 3.8) is 0 Å². The number of ether oxygens (including phenoxy) is 3. The van der Waals surface area contributed by atoms with Crippen LogP contribution in [-0.2, 0) is 14.3 Å². The average Bonchev–Trinajstić information content (AvgIpc) is 2.70. The third-order valence-corrected chi connectivity index (χ3v) is 4.51. The lowest BCUT2D eigenvalue weighted by Crippen LogP contribution is -2.42. The van der Waals surface area contributed by atoms with Crippen molar-refractivity contribution in [2.45, 2.75) is 18.9 Å². The summed E-state index contributed by atoms with van der Waals surface area (Å²) >= 11 is 0. The summed E-state index contributed by atoms with van der Waals surface area (Å²) in [6.07, 6.45) is 0.613. The summed E-state index contributed by atoms with van der Waals surface area (Å²) in [7, 11) is 3.02. The molecular weight excluding hydrogens is 366 g/mol. The van der Waals surface area contributed by atoms with Crippen LogP contribution in [0.1, 0.15) is 12.8 Å². The molecule has 1 aliphatic heterocycles. The number of morpholine rings is 1. The van der Waals surface area contributed by atoms with Crippen molar-refractivity contribution in [1.29, 1.82) is 0 Å². The lowest BCUT2D eigenvalue weighted by atomic mass is 10.2. The highest BCUT2D eigenvalue weighted by atomic mass is 16.5. The van der Waals surface area contributed by atoms with Gasteiger partial charge in [0, 0.05) is 19.2 Å². The molecule has 1 fully saturated rings. The Morgan fingerprint density at radius 1 is 1.25 bits per heavy atom. The number of anilines is 1. The lowest BCUT2D eigenvalue weighted by molar-refractivity contribution is -0.141.